The number of hydrogen-bond donors (Lipinski definition) is 1. The van der Waals surface area contributed by atoms with Crippen molar-refractivity contribution in [1.82, 2.24) is 10.2 Å². The fourth-order valence-electron chi connectivity index (χ4n) is 4.89. The van der Waals surface area contributed by atoms with Gasteiger partial charge in [-0.2, -0.15) is 0 Å². The first-order valence-electron chi connectivity index (χ1n) is 13.2. The number of aryl methyl sites for hydroxylation is 1. The summed E-state index contributed by atoms with van der Waals surface area (Å²) in [6.07, 6.45) is 3.92. The lowest BCUT2D eigenvalue weighted by Crippen LogP contribution is -2.52. The Hall–Kier alpha value is -3.07. The van der Waals surface area contributed by atoms with E-state index in [1.54, 1.807) is 74.5 Å². The maximum absolute atomic E-state index is 14.0. The van der Waals surface area contributed by atoms with E-state index in [0.29, 0.717) is 21.3 Å². The zero-order chi connectivity index (χ0) is 28.9. The van der Waals surface area contributed by atoms with E-state index in [4.69, 9.17) is 23.2 Å². The van der Waals surface area contributed by atoms with Crippen LogP contribution in [0.1, 0.15) is 43.7 Å². The molecule has 0 unspecified atom stereocenters. The Balaban J connectivity index is 1.70. The van der Waals surface area contributed by atoms with Gasteiger partial charge in [0.05, 0.1) is 10.6 Å². The molecule has 3 aromatic rings. The standard InChI is InChI=1S/C30H33Cl2N3O4S/c1-21-18-25(32)16-17-28(21)35(40(38,39)27-10-4-3-5-11-27)20-29(36)34(19-23-12-14-24(31)15-13-23)22(2)30(37)33-26-8-6-7-9-26/h3-5,10-18,22,26H,6-9,19-20H2,1-2H3,(H,33,37)/t22-/m1/s1. The molecule has 1 saturated carbocycles. The van der Waals surface area contributed by atoms with E-state index < -0.39 is 28.5 Å². The minimum Gasteiger partial charge on any atom is -0.352 e. The van der Waals surface area contributed by atoms with Crippen molar-refractivity contribution in [3.05, 3.63) is 94.0 Å². The molecule has 0 aromatic heterocycles. The summed E-state index contributed by atoms with van der Waals surface area (Å²) in [7, 11) is -4.14. The van der Waals surface area contributed by atoms with Gasteiger partial charge in [0.1, 0.15) is 12.6 Å². The Morgan fingerprint density at radius 2 is 1.57 bits per heavy atom. The highest BCUT2D eigenvalue weighted by molar-refractivity contribution is 7.92. The molecule has 3 aromatic carbocycles. The number of carbonyl (C=O) groups is 2. The molecule has 0 saturated heterocycles. The topological polar surface area (TPSA) is 86.8 Å². The predicted octanol–water partition coefficient (Wildman–Crippen LogP) is 5.97. The number of benzene rings is 3. The highest BCUT2D eigenvalue weighted by Gasteiger charge is 2.33. The molecule has 1 N–H and O–H groups in total. The van der Waals surface area contributed by atoms with Crippen LogP contribution in [0.2, 0.25) is 10.0 Å². The molecular formula is C30H33Cl2N3O4S. The average Bonchev–Trinajstić information content (AvgIpc) is 3.45. The van der Waals surface area contributed by atoms with E-state index in [1.807, 2.05) is 0 Å². The summed E-state index contributed by atoms with van der Waals surface area (Å²) in [4.78, 5) is 28.8. The van der Waals surface area contributed by atoms with Crippen molar-refractivity contribution in [2.75, 3.05) is 10.8 Å². The molecule has 212 valence electrons. The van der Waals surface area contributed by atoms with Crippen LogP contribution in [0.4, 0.5) is 5.69 Å². The third-order valence-corrected chi connectivity index (χ3v) is 9.43. The first-order chi connectivity index (χ1) is 19.1. The molecule has 1 fully saturated rings. The number of hydrogen-bond acceptors (Lipinski definition) is 4. The van der Waals surface area contributed by atoms with E-state index in [9.17, 15) is 18.0 Å². The molecule has 1 aliphatic rings. The number of nitrogens with one attached hydrogen (secondary N) is 1. The summed E-state index contributed by atoms with van der Waals surface area (Å²) in [5.74, 6) is -0.785. The van der Waals surface area contributed by atoms with Crippen LogP contribution in [0.3, 0.4) is 0 Å². The summed E-state index contributed by atoms with van der Waals surface area (Å²) in [5.41, 5.74) is 1.69. The number of amides is 2. The second kappa shape index (κ2) is 13.1. The Labute approximate surface area is 246 Å². The molecule has 7 nitrogen and oxygen atoms in total. The van der Waals surface area contributed by atoms with Crippen LogP contribution in [-0.4, -0.2) is 43.8 Å². The maximum Gasteiger partial charge on any atom is 0.264 e. The zero-order valence-electron chi connectivity index (χ0n) is 22.5. The number of anilines is 1. The van der Waals surface area contributed by atoms with Gasteiger partial charge in [-0.05, 0) is 80.3 Å². The Morgan fingerprint density at radius 1 is 0.950 bits per heavy atom. The Kier molecular flexibility index (Phi) is 9.77. The van der Waals surface area contributed by atoms with Gasteiger partial charge in [0.15, 0.2) is 0 Å². The summed E-state index contributed by atoms with van der Waals surface area (Å²) >= 11 is 12.2. The van der Waals surface area contributed by atoms with Crippen molar-refractivity contribution in [2.45, 2.75) is 63.1 Å². The molecule has 0 bridgehead atoms. The van der Waals surface area contributed by atoms with Gasteiger partial charge in [-0.1, -0.05) is 66.4 Å². The van der Waals surface area contributed by atoms with Crippen molar-refractivity contribution in [2.24, 2.45) is 0 Å². The van der Waals surface area contributed by atoms with Crippen LogP contribution in [-0.2, 0) is 26.2 Å². The fourth-order valence-corrected chi connectivity index (χ4v) is 6.75. The fraction of sp³-hybridized carbons (Fsp3) is 0.333. The molecule has 4 rings (SSSR count). The lowest BCUT2D eigenvalue weighted by Gasteiger charge is -2.33. The number of rotatable bonds is 10. The van der Waals surface area contributed by atoms with Crippen LogP contribution >= 0.6 is 23.2 Å². The molecule has 0 aliphatic heterocycles. The number of carbonyl (C=O) groups excluding carboxylic acids is 2. The number of sulfonamides is 1. The first kappa shape index (κ1) is 29.9. The number of nitrogens with zero attached hydrogens (tertiary/aromatic N) is 2. The van der Waals surface area contributed by atoms with Gasteiger partial charge in [-0.15, -0.1) is 0 Å². The third-order valence-electron chi connectivity index (χ3n) is 7.17. The minimum absolute atomic E-state index is 0.0495. The van der Waals surface area contributed by atoms with E-state index in [0.717, 1.165) is 35.6 Å². The number of halogens is 2. The first-order valence-corrected chi connectivity index (χ1v) is 15.4. The smallest absolute Gasteiger partial charge is 0.264 e. The van der Waals surface area contributed by atoms with Crippen LogP contribution < -0.4 is 9.62 Å². The van der Waals surface area contributed by atoms with E-state index in [1.165, 1.54) is 17.0 Å². The van der Waals surface area contributed by atoms with Crippen LogP contribution in [0.5, 0.6) is 0 Å². The van der Waals surface area contributed by atoms with Crippen LogP contribution in [0.25, 0.3) is 0 Å². The molecule has 1 aliphatic carbocycles. The van der Waals surface area contributed by atoms with Gasteiger partial charge in [-0.25, -0.2) is 8.42 Å². The van der Waals surface area contributed by atoms with Crippen molar-refractivity contribution < 1.29 is 18.0 Å². The molecule has 0 radical (unpaired) electrons. The molecule has 10 heteroatoms. The third kappa shape index (κ3) is 7.16. The summed E-state index contributed by atoms with van der Waals surface area (Å²) in [5, 5.41) is 4.06. The normalized spacial score (nSPS) is 14.5. The highest BCUT2D eigenvalue weighted by Crippen LogP contribution is 2.29. The van der Waals surface area contributed by atoms with Gasteiger partial charge in [-0.3, -0.25) is 13.9 Å². The van der Waals surface area contributed by atoms with Crippen molar-refractivity contribution in [3.63, 3.8) is 0 Å². The average molecular weight is 603 g/mol. The van der Waals surface area contributed by atoms with Gasteiger partial charge in [0.2, 0.25) is 11.8 Å². The van der Waals surface area contributed by atoms with Crippen molar-refractivity contribution in [3.8, 4) is 0 Å². The van der Waals surface area contributed by atoms with Crippen molar-refractivity contribution in [1.29, 1.82) is 0 Å². The summed E-state index contributed by atoms with van der Waals surface area (Å²) in [6, 6.07) is 19.0. The highest BCUT2D eigenvalue weighted by atomic mass is 35.5. The Morgan fingerprint density at radius 3 is 2.20 bits per heavy atom. The van der Waals surface area contributed by atoms with E-state index >= 15 is 0 Å². The predicted molar refractivity (Wildman–Crippen MR) is 159 cm³/mol. The summed E-state index contributed by atoms with van der Waals surface area (Å²) in [6.45, 7) is 3.01. The largest absolute Gasteiger partial charge is 0.352 e. The maximum atomic E-state index is 14.0. The zero-order valence-corrected chi connectivity index (χ0v) is 24.8. The monoisotopic (exact) mass is 601 g/mol. The van der Waals surface area contributed by atoms with Gasteiger partial charge >= 0.3 is 0 Å². The second-order valence-corrected chi connectivity index (χ2v) is 12.8. The SMILES string of the molecule is Cc1cc(Cl)ccc1N(CC(=O)N(Cc1ccc(Cl)cc1)[C@H](C)C(=O)NC1CCCC1)S(=O)(=O)c1ccccc1. The summed E-state index contributed by atoms with van der Waals surface area (Å²) < 4.78 is 28.9. The molecule has 2 amide bonds. The lowest BCUT2D eigenvalue weighted by molar-refractivity contribution is -0.139. The molecule has 0 heterocycles. The van der Waals surface area contributed by atoms with Crippen molar-refractivity contribution >= 4 is 50.7 Å². The van der Waals surface area contributed by atoms with Gasteiger partial charge in [0, 0.05) is 22.6 Å². The minimum atomic E-state index is -4.14. The second-order valence-electron chi connectivity index (χ2n) is 10.1. The van der Waals surface area contributed by atoms with Gasteiger partial charge < -0.3 is 10.2 Å². The van der Waals surface area contributed by atoms with Crippen LogP contribution in [0.15, 0.2) is 77.7 Å². The quantitative estimate of drug-likeness (QED) is 0.310. The van der Waals surface area contributed by atoms with E-state index in [2.05, 4.69) is 5.32 Å². The Bertz CT molecular complexity index is 1440. The molecule has 1 atom stereocenters. The molecular weight excluding hydrogens is 569 g/mol. The molecule has 0 spiro atoms. The van der Waals surface area contributed by atoms with Gasteiger partial charge in [0.25, 0.3) is 10.0 Å². The lowest BCUT2D eigenvalue weighted by atomic mass is 10.1. The molecule has 40 heavy (non-hydrogen) atoms. The van der Waals surface area contributed by atoms with Crippen LogP contribution in [0, 0.1) is 6.92 Å². The van der Waals surface area contributed by atoms with E-state index in [-0.39, 0.29) is 23.4 Å².